The molecule has 0 saturated carbocycles. The topological polar surface area (TPSA) is 79.4 Å². The summed E-state index contributed by atoms with van der Waals surface area (Å²) in [5.74, 6) is 1.38. The number of aryl methyl sites for hydroxylation is 3. The van der Waals surface area contributed by atoms with Crippen molar-refractivity contribution in [3.8, 4) is 0 Å². The number of amides is 1. The minimum atomic E-state index is -0.229. The third-order valence-electron chi connectivity index (χ3n) is 4.70. The van der Waals surface area contributed by atoms with Gasteiger partial charge in [-0.3, -0.25) is 0 Å². The number of anilines is 3. The number of benzene rings is 1. The molecule has 0 unspecified atom stereocenters. The van der Waals surface area contributed by atoms with Gasteiger partial charge in [0.2, 0.25) is 5.95 Å². The van der Waals surface area contributed by atoms with Crippen molar-refractivity contribution in [2.45, 2.75) is 46.6 Å². The maximum Gasteiger partial charge on any atom is 0.409 e. The van der Waals surface area contributed by atoms with Gasteiger partial charge in [-0.15, -0.1) is 0 Å². The van der Waals surface area contributed by atoms with Crippen molar-refractivity contribution in [1.82, 2.24) is 14.9 Å². The number of rotatable bonds is 5. The van der Waals surface area contributed by atoms with E-state index in [1.165, 1.54) is 11.1 Å². The number of carbonyl (C=O) groups is 1. The molecule has 150 valence electrons. The molecule has 1 aromatic heterocycles. The molecule has 1 aliphatic rings. The van der Waals surface area contributed by atoms with Gasteiger partial charge in [0.1, 0.15) is 5.82 Å². The van der Waals surface area contributed by atoms with E-state index in [0.29, 0.717) is 25.6 Å². The molecule has 1 fully saturated rings. The van der Waals surface area contributed by atoms with Crippen LogP contribution in [0.2, 0.25) is 0 Å². The average molecular weight is 383 g/mol. The Kier molecular flexibility index (Phi) is 6.34. The molecule has 2 aromatic rings. The van der Waals surface area contributed by atoms with Crippen LogP contribution in [0.3, 0.4) is 0 Å². The predicted octanol–water partition coefficient (Wildman–Crippen LogP) is 4.18. The van der Waals surface area contributed by atoms with Crippen molar-refractivity contribution in [1.29, 1.82) is 0 Å². The van der Waals surface area contributed by atoms with Gasteiger partial charge in [-0.2, -0.15) is 4.98 Å². The summed E-state index contributed by atoms with van der Waals surface area (Å²) in [4.78, 5) is 22.7. The number of hydrogen-bond acceptors (Lipinski definition) is 6. The van der Waals surface area contributed by atoms with Gasteiger partial charge in [-0.25, -0.2) is 9.78 Å². The molecule has 2 heterocycles. The molecule has 1 saturated heterocycles. The smallest absolute Gasteiger partial charge is 0.409 e. The van der Waals surface area contributed by atoms with Crippen molar-refractivity contribution >= 4 is 23.5 Å². The molecule has 7 heteroatoms. The quantitative estimate of drug-likeness (QED) is 0.806. The number of carbonyl (C=O) groups excluding carboxylic acids is 1. The minimum absolute atomic E-state index is 0.229. The number of ether oxygens (including phenoxy) is 1. The van der Waals surface area contributed by atoms with Gasteiger partial charge in [-0.1, -0.05) is 6.07 Å². The molecule has 0 atom stereocenters. The van der Waals surface area contributed by atoms with Crippen LogP contribution in [-0.2, 0) is 4.74 Å². The van der Waals surface area contributed by atoms with Crippen LogP contribution in [-0.4, -0.2) is 46.7 Å². The summed E-state index contributed by atoms with van der Waals surface area (Å²) in [6.45, 7) is 9.71. The highest BCUT2D eigenvalue weighted by atomic mass is 16.6. The van der Waals surface area contributed by atoms with Crippen LogP contribution >= 0.6 is 0 Å². The lowest BCUT2D eigenvalue weighted by Gasteiger charge is -2.31. The first-order valence-corrected chi connectivity index (χ1v) is 9.82. The highest BCUT2D eigenvalue weighted by Gasteiger charge is 2.24. The summed E-state index contributed by atoms with van der Waals surface area (Å²) < 4.78 is 5.07. The van der Waals surface area contributed by atoms with Gasteiger partial charge in [0.15, 0.2) is 0 Å². The van der Waals surface area contributed by atoms with E-state index in [-0.39, 0.29) is 12.1 Å². The molecule has 3 rings (SSSR count). The molecular formula is C21H29N5O2. The number of aromatic nitrogens is 2. The molecule has 7 nitrogen and oxygen atoms in total. The van der Waals surface area contributed by atoms with Crippen molar-refractivity contribution in [3.05, 3.63) is 41.1 Å². The second-order valence-electron chi connectivity index (χ2n) is 7.32. The molecule has 28 heavy (non-hydrogen) atoms. The average Bonchev–Trinajstić information content (AvgIpc) is 2.61. The van der Waals surface area contributed by atoms with Crippen LogP contribution in [0.5, 0.6) is 0 Å². The lowest BCUT2D eigenvalue weighted by Crippen LogP contribution is -2.42. The highest BCUT2D eigenvalue weighted by Crippen LogP contribution is 2.21. The van der Waals surface area contributed by atoms with Crippen molar-refractivity contribution < 1.29 is 9.53 Å². The Morgan fingerprint density at radius 2 is 1.79 bits per heavy atom. The number of nitrogens with zero attached hydrogens (tertiary/aromatic N) is 3. The summed E-state index contributed by atoms with van der Waals surface area (Å²) in [7, 11) is 0. The first-order valence-electron chi connectivity index (χ1n) is 9.82. The van der Waals surface area contributed by atoms with E-state index in [4.69, 9.17) is 4.74 Å². The molecule has 1 aromatic carbocycles. The zero-order valence-electron chi connectivity index (χ0n) is 17.1. The molecule has 1 amide bonds. The van der Waals surface area contributed by atoms with E-state index in [1.807, 2.05) is 19.9 Å². The molecule has 0 bridgehead atoms. The third-order valence-corrected chi connectivity index (χ3v) is 4.70. The fraction of sp³-hybridized carbons (Fsp3) is 0.476. The van der Waals surface area contributed by atoms with E-state index in [2.05, 4.69) is 52.6 Å². The monoisotopic (exact) mass is 383 g/mol. The maximum absolute atomic E-state index is 11.8. The van der Waals surface area contributed by atoms with E-state index in [1.54, 1.807) is 4.90 Å². The standard InChI is InChI=1S/C21H29N5O2/c1-5-28-21(27)26-8-6-17(7-9-26)24-20-22-16(4)13-19(25-20)23-18-11-14(2)10-15(3)12-18/h10-13,17H,5-9H2,1-4H3,(H2,22,23,24,25). The minimum Gasteiger partial charge on any atom is -0.450 e. The summed E-state index contributed by atoms with van der Waals surface area (Å²) in [5, 5.41) is 6.80. The lowest BCUT2D eigenvalue weighted by atomic mass is 10.1. The fourth-order valence-corrected chi connectivity index (χ4v) is 3.50. The molecule has 1 aliphatic heterocycles. The van der Waals surface area contributed by atoms with Crippen LogP contribution in [0.1, 0.15) is 36.6 Å². The van der Waals surface area contributed by atoms with Crippen LogP contribution < -0.4 is 10.6 Å². The second-order valence-corrected chi connectivity index (χ2v) is 7.32. The van der Waals surface area contributed by atoms with Crippen LogP contribution in [0, 0.1) is 20.8 Å². The lowest BCUT2D eigenvalue weighted by molar-refractivity contribution is 0.0983. The normalized spacial score (nSPS) is 14.6. The predicted molar refractivity (Wildman–Crippen MR) is 111 cm³/mol. The fourth-order valence-electron chi connectivity index (χ4n) is 3.50. The number of piperidine rings is 1. The van der Waals surface area contributed by atoms with Crippen LogP contribution in [0.4, 0.5) is 22.2 Å². The van der Waals surface area contributed by atoms with Crippen molar-refractivity contribution in [3.63, 3.8) is 0 Å². The SMILES string of the molecule is CCOC(=O)N1CCC(Nc2nc(C)cc(Nc3cc(C)cc(C)c3)n2)CC1. The number of likely N-dealkylation sites (tertiary alicyclic amines) is 1. The van der Waals surface area contributed by atoms with E-state index in [0.717, 1.165) is 30.0 Å². The Bertz CT molecular complexity index is 811. The van der Waals surface area contributed by atoms with E-state index >= 15 is 0 Å². The van der Waals surface area contributed by atoms with Gasteiger partial charge in [-0.05, 0) is 63.8 Å². The summed E-state index contributed by atoms with van der Waals surface area (Å²) in [6.07, 6.45) is 1.46. The van der Waals surface area contributed by atoms with Crippen LogP contribution in [0.15, 0.2) is 24.3 Å². The third kappa shape index (κ3) is 5.34. The molecule has 0 aliphatic carbocycles. The van der Waals surface area contributed by atoms with Gasteiger partial charge in [0, 0.05) is 36.6 Å². The van der Waals surface area contributed by atoms with Gasteiger partial charge in [0.25, 0.3) is 0 Å². The Balaban J connectivity index is 1.63. The molecular weight excluding hydrogens is 354 g/mol. The largest absolute Gasteiger partial charge is 0.450 e. The Labute approximate surface area is 166 Å². The highest BCUT2D eigenvalue weighted by molar-refractivity contribution is 5.67. The first kappa shape index (κ1) is 19.9. The Hall–Kier alpha value is -2.83. The molecule has 0 radical (unpaired) electrons. The second kappa shape index (κ2) is 8.91. The van der Waals surface area contributed by atoms with E-state index < -0.39 is 0 Å². The Morgan fingerprint density at radius 1 is 1.11 bits per heavy atom. The van der Waals surface area contributed by atoms with E-state index in [9.17, 15) is 4.79 Å². The number of nitrogens with one attached hydrogen (secondary N) is 2. The molecule has 0 spiro atoms. The molecule has 2 N–H and O–H groups in total. The van der Waals surface area contributed by atoms with Crippen molar-refractivity contribution in [2.75, 3.05) is 30.3 Å². The zero-order chi connectivity index (χ0) is 20.1. The zero-order valence-corrected chi connectivity index (χ0v) is 17.1. The Morgan fingerprint density at radius 3 is 2.43 bits per heavy atom. The van der Waals surface area contributed by atoms with Crippen LogP contribution in [0.25, 0.3) is 0 Å². The maximum atomic E-state index is 11.8. The van der Waals surface area contributed by atoms with Gasteiger partial charge >= 0.3 is 6.09 Å². The summed E-state index contributed by atoms with van der Waals surface area (Å²) in [6, 6.07) is 8.52. The van der Waals surface area contributed by atoms with Crippen molar-refractivity contribution in [2.24, 2.45) is 0 Å². The van der Waals surface area contributed by atoms with Gasteiger partial charge in [0.05, 0.1) is 6.61 Å². The first-order chi connectivity index (χ1) is 13.4. The van der Waals surface area contributed by atoms with Gasteiger partial charge < -0.3 is 20.3 Å². The summed E-state index contributed by atoms with van der Waals surface area (Å²) >= 11 is 0. The number of hydrogen-bond donors (Lipinski definition) is 2. The summed E-state index contributed by atoms with van der Waals surface area (Å²) in [5.41, 5.74) is 4.33.